The van der Waals surface area contributed by atoms with E-state index >= 15 is 0 Å². The Morgan fingerprint density at radius 3 is 2.75 bits per heavy atom. The third kappa shape index (κ3) is 2.96. The second-order valence-corrected chi connectivity index (χ2v) is 5.41. The van der Waals surface area contributed by atoms with Crippen molar-refractivity contribution in [2.24, 2.45) is 0 Å². The zero-order valence-corrected chi connectivity index (χ0v) is 11.7. The number of nitrogen functional groups attached to an aromatic ring is 1. The number of thiophene rings is 1. The zero-order chi connectivity index (χ0) is 14.7. The maximum atomic E-state index is 13.8. The summed E-state index contributed by atoms with van der Waals surface area (Å²) in [6, 6.07) is 5.97. The quantitative estimate of drug-likeness (QED) is 0.882. The topological polar surface area (TPSA) is 46.3 Å². The summed E-state index contributed by atoms with van der Waals surface area (Å²) in [5.74, 6) is -2.61. The first-order valence-corrected chi connectivity index (χ1v) is 6.90. The Bertz CT molecular complexity index is 614. The molecule has 0 unspecified atom stereocenters. The van der Waals surface area contributed by atoms with Gasteiger partial charge in [0.1, 0.15) is 11.4 Å². The Hall–Kier alpha value is -1.95. The second kappa shape index (κ2) is 6.00. The minimum atomic E-state index is -1.00. The van der Waals surface area contributed by atoms with E-state index in [4.69, 9.17) is 5.73 Å². The van der Waals surface area contributed by atoms with Crippen molar-refractivity contribution in [2.75, 3.05) is 19.3 Å². The lowest BCUT2D eigenvalue weighted by Crippen LogP contribution is -2.30. The summed E-state index contributed by atoms with van der Waals surface area (Å²) in [7, 11) is 1.51. The largest absolute Gasteiger partial charge is 0.396 e. The summed E-state index contributed by atoms with van der Waals surface area (Å²) in [6.07, 6.45) is 0.644. The van der Waals surface area contributed by atoms with Gasteiger partial charge in [0.25, 0.3) is 5.91 Å². The van der Waals surface area contributed by atoms with Crippen LogP contribution in [-0.4, -0.2) is 24.4 Å². The zero-order valence-electron chi connectivity index (χ0n) is 10.9. The van der Waals surface area contributed by atoms with Crippen LogP contribution in [0.5, 0.6) is 0 Å². The number of benzene rings is 1. The molecule has 0 spiro atoms. The van der Waals surface area contributed by atoms with Crippen molar-refractivity contribution in [1.82, 2.24) is 4.90 Å². The SMILES string of the molecule is CN(CCc1cccs1)C(=O)c1c(F)ccc(N)c1F. The van der Waals surface area contributed by atoms with Crippen molar-refractivity contribution < 1.29 is 13.6 Å². The van der Waals surface area contributed by atoms with Crippen LogP contribution in [0.2, 0.25) is 0 Å². The number of halogens is 2. The summed E-state index contributed by atoms with van der Waals surface area (Å²) >= 11 is 1.58. The highest BCUT2D eigenvalue weighted by Gasteiger charge is 2.22. The maximum Gasteiger partial charge on any atom is 0.259 e. The fourth-order valence-electron chi connectivity index (χ4n) is 1.79. The number of hydrogen-bond acceptors (Lipinski definition) is 3. The molecule has 0 aliphatic rings. The molecule has 2 N–H and O–H groups in total. The van der Waals surface area contributed by atoms with Gasteiger partial charge in [-0.1, -0.05) is 6.07 Å². The lowest BCUT2D eigenvalue weighted by molar-refractivity contribution is 0.0787. The molecule has 1 aromatic heterocycles. The predicted octanol–water partition coefficient (Wildman–Crippen LogP) is 2.92. The van der Waals surface area contributed by atoms with E-state index in [1.807, 2.05) is 17.5 Å². The molecule has 0 fully saturated rings. The average Bonchev–Trinajstić information content (AvgIpc) is 2.93. The fourth-order valence-corrected chi connectivity index (χ4v) is 2.49. The molecule has 1 amide bonds. The van der Waals surface area contributed by atoms with Crippen LogP contribution in [0.25, 0.3) is 0 Å². The van der Waals surface area contributed by atoms with Gasteiger partial charge in [0, 0.05) is 18.5 Å². The average molecular weight is 296 g/mol. The maximum absolute atomic E-state index is 13.8. The molecule has 20 heavy (non-hydrogen) atoms. The number of carbonyl (C=O) groups is 1. The van der Waals surface area contributed by atoms with Crippen molar-refractivity contribution in [3.8, 4) is 0 Å². The van der Waals surface area contributed by atoms with Crippen LogP contribution in [0.1, 0.15) is 15.2 Å². The molecule has 0 aliphatic heterocycles. The molecule has 1 aromatic carbocycles. The Morgan fingerprint density at radius 1 is 1.35 bits per heavy atom. The molecule has 2 rings (SSSR count). The van der Waals surface area contributed by atoms with Crippen molar-refractivity contribution in [3.63, 3.8) is 0 Å². The lowest BCUT2D eigenvalue weighted by Gasteiger charge is -2.18. The van der Waals surface area contributed by atoms with Gasteiger partial charge in [0.15, 0.2) is 5.82 Å². The van der Waals surface area contributed by atoms with Gasteiger partial charge in [-0.3, -0.25) is 4.79 Å². The van der Waals surface area contributed by atoms with Crippen LogP contribution < -0.4 is 5.73 Å². The number of nitrogens with zero attached hydrogens (tertiary/aromatic N) is 1. The highest BCUT2D eigenvalue weighted by atomic mass is 32.1. The number of amides is 1. The van der Waals surface area contributed by atoms with Gasteiger partial charge in [-0.15, -0.1) is 11.3 Å². The molecular formula is C14H14F2N2OS. The van der Waals surface area contributed by atoms with Crippen LogP contribution in [0, 0.1) is 11.6 Å². The van der Waals surface area contributed by atoms with Crippen molar-refractivity contribution in [2.45, 2.75) is 6.42 Å². The van der Waals surface area contributed by atoms with Gasteiger partial charge in [-0.05, 0) is 30.0 Å². The van der Waals surface area contributed by atoms with Gasteiger partial charge >= 0.3 is 0 Å². The van der Waals surface area contributed by atoms with Gasteiger partial charge < -0.3 is 10.6 Å². The van der Waals surface area contributed by atoms with Crippen molar-refractivity contribution >= 4 is 22.9 Å². The highest BCUT2D eigenvalue weighted by molar-refractivity contribution is 7.09. The molecule has 106 valence electrons. The van der Waals surface area contributed by atoms with E-state index in [1.54, 1.807) is 11.3 Å². The molecule has 3 nitrogen and oxygen atoms in total. The molecule has 1 heterocycles. The van der Waals surface area contributed by atoms with E-state index < -0.39 is 23.1 Å². The van der Waals surface area contributed by atoms with E-state index in [9.17, 15) is 13.6 Å². The number of hydrogen-bond donors (Lipinski definition) is 1. The monoisotopic (exact) mass is 296 g/mol. The minimum Gasteiger partial charge on any atom is -0.396 e. The van der Waals surface area contributed by atoms with Crippen LogP contribution in [0.15, 0.2) is 29.6 Å². The fraction of sp³-hybridized carbons (Fsp3) is 0.214. The normalized spacial score (nSPS) is 10.6. The number of rotatable bonds is 4. The lowest BCUT2D eigenvalue weighted by atomic mass is 10.1. The summed E-state index contributed by atoms with van der Waals surface area (Å²) < 4.78 is 27.4. The van der Waals surface area contributed by atoms with E-state index in [1.165, 1.54) is 11.9 Å². The van der Waals surface area contributed by atoms with Crippen LogP contribution >= 0.6 is 11.3 Å². The third-order valence-electron chi connectivity index (χ3n) is 2.96. The Kier molecular flexibility index (Phi) is 4.34. The van der Waals surface area contributed by atoms with Crippen LogP contribution in [0.4, 0.5) is 14.5 Å². The number of carbonyl (C=O) groups excluding carboxylic acids is 1. The van der Waals surface area contributed by atoms with Gasteiger partial charge in [-0.25, -0.2) is 8.78 Å². The molecule has 2 aromatic rings. The molecule has 0 saturated heterocycles. The number of nitrogens with two attached hydrogens (primary N) is 1. The third-order valence-corrected chi connectivity index (χ3v) is 3.89. The summed E-state index contributed by atoms with van der Waals surface area (Å²) in [6.45, 7) is 0.382. The van der Waals surface area contributed by atoms with Crippen LogP contribution in [0.3, 0.4) is 0 Å². The Labute approximate surface area is 119 Å². The standard InChI is InChI=1S/C14H14F2N2OS/c1-18(7-6-9-3-2-8-20-9)14(19)12-10(15)4-5-11(17)13(12)16/h2-5,8H,6-7,17H2,1H3. The highest BCUT2D eigenvalue weighted by Crippen LogP contribution is 2.20. The van der Waals surface area contributed by atoms with Crippen LogP contribution in [-0.2, 0) is 6.42 Å². The van der Waals surface area contributed by atoms with Gasteiger partial charge in [-0.2, -0.15) is 0 Å². The number of likely N-dealkylation sites (N-methyl/N-ethyl adjacent to an activating group) is 1. The van der Waals surface area contributed by atoms with Crippen molar-refractivity contribution in [1.29, 1.82) is 0 Å². The predicted molar refractivity (Wildman–Crippen MR) is 75.8 cm³/mol. The van der Waals surface area contributed by atoms with Crippen molar-refractivity contribution in [3.05, 3.63) is 51.7 Å². The molecular weight excluding hydrogens is 282 g/mol. The van der Waals surface area contributed by atoms with E-state index in [2.05, 4.69) is 0 Å². The first-order chi connectivity index (χ1) is 9.50. The van der Waals surface area contributed by atoms with Gasteiger partial charge in [0.2, 0.25) is 0 Å². The van der Waals surface area contributed by atoms with E-state index in [0.717, 1.165) is 17.0 Å². The number of anilines is 1. The van der Waals surface area contributed by atoms with E-state index in [0.29, 0.717) is 13.0 Å². The Balaban J connectivity index is 2.12. The first-order valence-electron chi connectivity index (χ1n) is 6.02. The summed E-state index contributed by atoms with van der Waals surface area (Å²) in [5, 5.41) is 1.94. The second-order valence-electron chi connectivity index (χ2n) is 4.38. The first kappa shape index (κ1) is 14.5. The minimum absolute atomic E-state index is 0.235. The molecule has 0 saturated carbocycles. The molecule has 0 radical (unpaired) electrons. The molecule has 6 heteroatoms. The Morgan fingerprint density at radius 2 is 2.10 bits per heavy atom. The summed E-state index contributed by atoms with van der Waals surface area (Å²) in [4.78, 5) is 14.5. The molecule has 0 aliphatic carbocycles. The summed E-state index contributed by atoms with van der Waals surface area (Å²) in [5.41, 5.74) is 4.53. The molecule has 0 atom stereocenters. The smallest absolute Gasteiger partial charge is 0.259 e. The van der Waals surface area contributed by atoms with E-state index in [-0.39, 0.29) is 5.69 Å². The van der Waals surface area contributed by atoms with Gasteiger partial charge in [0.05, 0.1) is 5.69 Å². The molecule has 0 bridgehead atoms.